The minimum Gasteiger partial charge on any atom is -0.478 e. The van der Waals surface area contributed by atoms with Crippen molar-refractivity contribution in [2.75, 3.05) is 4.90 Å². The molecule has 0 saturated heterocycles. The lowest BCUT2D eigenvalue weighted by Gasteiger charge is -2.39. The number of carboxylic acids is 1. The van der Waals surface area contributed by atoms with Gasteiger partial charge in [0.25, 0.3) is 0 Å². The van der Waals surface area contributed by atoms with Crippen LogP contribution >= 0.6 is 15.9 Å². The van der Waals surface area contributed by atoms with Crippen molar-refractivity contribution in [2.24, 2.45) is 0 Å². The van der Waals surface area contributed by atoms with Crippen molar-refractivity contribution in [3.05, 3.63) is 27.7 Å². The van der Waals surface area contributed by atoms with E-state index in [9.17, 15) is 19.5 Å². The smallest absolute Gasteiger partial charge is 0.335 e. The van der Waals surface area contributed by atoms with E-state index in [4.69, 9.17) is 0 Å². The number of aromatic carboxylic acids is 1. The fourth-order valence-electron chi connectivity index (χ4n) is 3.40. The fraction of sp³-hybridized carbons (Fsp3) is 0.438. The number of rotatable bonds is 5. The second-order valence-corrected chi connectivity index (χ2v) is 6.82. The molecule has 1 heterocycles. The van der Waals surface area contributed by atoms with Gasteiger partial charge in [-0.15, -0.1) is 0 Å². The van der Waals surface area contributed by atoms with Crippen LogP contribution in [0.1, 0.15) is 49.0 Å². The molecule has 5 nitrogen and oxygen atoms in total. The Bertz CT molecular complexity index is 643. The van der Waals surface area contributed by atoms with Crippen molar-refractivity contribution in [1.29, 1.82) is 0 Å². The molecule has 2 unspecified atom stereocenters. The first-order chi connectivity index (χ1) is 10.3. The first-order valence-corrected chi connectivity index (χ1v) is 7.83. The maximum absolute atomic E-state index is 11.8. The van der Waals surface area contributed by atoms with Crippen LogP contribution in [0.25, 0.3) is 0 Å². The third-order valence-electron chi connectivity index (χ3n) is 4.27. The van der Waals surface area contributed by atoms with Crippen LogP contribution in [0, 0.1) is 0 Å². The number of nitrogens with zero attached hydrogens (tertiary/aromatic N) is 1. The van der Waals surface area contributed by atoms with Crippen LogP contribution in [-0.4, -0.2) is 35.2 Å². The van der Waals surface area contributed by atoms with Gasteiger partial charge in [0, 0.05) is 22.9 Å². The normalized spacial score (nSPS) is 23.5. The largest absolute Gasteiger partial charge is 0.478 e. The molecule has 1 aliphatic rings. The van der Waals surface area contributed by atoms with Crippen molar-refractivity contribution in [3.63, 3.8) is 0 Å². The van der Waals surface area contributed by atoms with E-state index in [-0.39, 0.29) is 23.9 Å². The van der Waals surface area contributed by atoms with E-state index >= 15 is 0 Å². The molecule has 2 atom stereocenters. The Balaban J connectivity index is 2.77. The zero-order valence-corrected chi connectivity index (χ0v) is 14.3. The van der Waals surface area contributed by atoms with Gasteiger partial charge < -0.3 is 19.6 Å². The number of hydrogen-bond donors (Lipinski definition) is 1. The zero-order chi connectivity index (χ0) is 16.7. The lowest BCUT2D eigenvalue weighted by molar-refractivity contribution is -0.113. The first-order valence-electron chi connectivity index (χ1n) is 7.04. The summed E-state index contributed by atoms with van der Waals surface area (Å²) in [6.45, 7) is 5.72. The molecule has 0 spiro atoms. The van der Waals surface area contributed by atoms with Gasteiger partial charge in [0.15, 0.2) is 0 Å². The van der Waals surface area contributed by atoms with Crippen molar-refractivity contribution < 1.29 is 19.5 Å². The quantitative estimate of drug-likeness (QED) is 0.809. The molecule has 118 valence electrons. The number of carbonyl (C=O) groups excluding carboxylic acids is 2. The van der Waals surface area contributed by atoms with Crippen molar-refractivity contribution in [2.45, 2.75) is 44.7 Å². The topological polar surface area (TPSA) is 74.7 Å². The zero-order valence-electron chi connectivity index (χ0n) is 12.7. The van der Waals surface area contributed by atoms with E-state index in [0.29, 0.717) is 4.47 Å². The summed E-state index contributed by atoms with van der Waals surface area (Å²) in [7, 11) is 0. The fourth-order valence-corrected chi connectivity index (χ4v) is 4.07. The van der Waals surface area contributed by atoms with Gasteiger partial charge in [0.2, 0.25) is 0 Å². The predicted molar refractivity (Wildman–Crippen MR) is 86.6 cm³/mol. The van der Waals surface area contributed by atoms with E-state index in [0.717, 1.165) is 23.8 Å². The number of carbonyl (C=O) groups is 3. The Labute approximate surface area is 137 Å². The molecule has 0 amide bonds. The Kier molecular flexibility index (Phi) is 4.42. The highest BCUT2D eigenvalue weighted by atomic mass is 79.9. The maximum Gasteiger partial charge on any atom is 0.335 e. The summed E-state index contributed by atoms with van der Waals surface area (Å²) in [6, 6.07) is 3.13. The number of anilines is 1. The summed E-state index contributed by atoms with van der Waals surface area (Å²) >= 11 is 3.43. The number of carboxylic acid groups (broad SMARTS) is 1. The molecule has 0 aromatic heterocycles. The van der Waals surface area contributed by atoms with Crippen LogP contribution in [-0.2, 0) is 9.59 Å². The van der Waals surface area contributed by atoms with Gasteiger partial charge >= 0.3 is 5.97 Å². The Morgan fingerprint density at radius 1 is 1.45 bits per heavy atom. The van der Waals surface area contributed by atoms with Crippen LogP contribution in [0.5, 0.6) is 0 Å². The average molecular weight is 368 g/mol. The third-order valence-corrected chi connectivity index (χ3v) is 4.87. The highest BCUT2D eigenvalue weighted by Gasteiger charge is 2.50. The van der Waals surface area contributed by atoms with Gasteiger partial charge in [-0.25, -0.2) is 4.79 Å². The van der Waals surface area contributed by atoms with Crippen LogP contribution < -0.4 is 4.90 Å². The Morgan fingerprint density at radius 3 is 2.55 bits per heavy atom. The minimum atomic E-state index is -1.04. The standard InChI is InChI=1S/C16H18BrNO4/c1-9(2)18-14-11(6-10(15(21)22)7-13(14)17)12(4-5-19)16(18,3)8-20/h5-9,12H,4H2,1-3H3,(H,21,22). The van der Waals surface area contributed by atoms with Gasteiger partial charge in [-0.3, -0.25) is 0 Å². The van der Waals surface area contributed by atoms with Gasteiger partial charge in [-0.05, 0) is 54.4 Å². The van der Waals surface area contributed by atoms with Crippen LogP contribution in [0.2, 0.25) is 0 Å². The highest BCUT2D eigenvalue weighted by Crippen LogP contribution is 2.52. The highest BCUT2D eigenvalue weighted by molar-refractivity contribution is 9.10. The second kappa shape index (κ2) is 5.83. The number of aldehydes is 2. The lowest BCUT2D eigenvalue weighted by atomic mass is 9.82. The molecule has 0 aliphatic carbocycles. The van der Waals surface area contributed by atoms with Gasteiger partial charge in [-0.2, -0.15) is 0 Å². The number of benzene rings is 1. The minimum absolute atomic E-state index is 0.0255. The molecular weight excluding hydrogens is 350 g/mol. The van der Waals surface area contributed by atoms with Crippen LogP contribution in [0.3, 0.4) is 0 Å². The maximum atomic E-state index is 11.8. The Hall–Kier alpha value is -1.69. The second-order valence-electron chi connectivity index (χ2n) is 5.96. The molecule has 1 aromatic carbocycles. The summed E-state index contributed by atoms with van der Waals surface area (Å²) < 4.78 is 0.623. The van der Waals surface area contributed by atoms with E-state index in [1.54, 1.807) is 13.0 Å². The van der Waals surface area contributed by atoms with E-state index in [2.05, 4.69) is 15.9 Å². The molecule has 1 aromatic rings. The summed E-state index contributed by atoms with van der Waals surface area (Å²) in [5.74, 6) is -1.40. The summed E-state index contributed by atoms with van der Waals surface area (Å²) in [6.07, 6.45) is 1.80. The summed E-state index contributed by atoms with van der Waals surface area (Å²) in [4.78, 5) is 36.2. The first kappa shape index (κ1) is 16.7. The molecule has 22 heavy (non-hydrogen) atoms. The summed E-state index contributed by atoms with van der Waals surface area (Å²) in [5, 5.41) is 9.25. The number of hydrogen-bond acceptors (Lipinski definition) is 4. The third kappa shape index (κ3) is 2.35. The monoisotopic (exact) mass is 367 g/mol. The SMILES string of the molecule is CC(C)N1c2c(Br)cc(C(=O)O)cc2C(CC=O)C1(C)C=O. The number of fused-ring (bicyclic) bond motifs is 1. The van der Waals surface area contributed by atoms with E-state index in [1.165, 1.54) is 6.07 Å². The average Bonchev–Trinajstić information content (AvgIpc) is 2.70. The molecule has 1 N–H and O–H groups in total. The number of halogens is 1. The Morgan fingerprint density at radius 2 is 2.09 bits per heavy atom. The van der Waals surface area contributed by atoms with Gasteiger partial charge in [0.05, 0.1) is 11.3 Å². The van der Waals surface area contributed by atoms with E-state index in [1.807, 2.05) is 18.7 Å². The molecule has 0 saturated carbocycles. The predicted octanol–water partition coefficient (Wildman–Crippen LogP) is 3.01. The molecule has 0 fully saturated rings. The molecule has 2 rings (SSSR count). The van der Waals surface area contributed by atoms with E-state index < -0.39 is 11.5 Å². The molecular formula is C16H18BrNO4. The van der Waals surface area contributed by atoms with Gasteiger partial charge in [-0.1, -0.05) is 0 Å². The van der Waals surface area contributed by atoms with Crippen LogP contribution in [0.15, 0.2) is 16.6 Å². The van der Waals surface area contributed by atoms with Gasteiger partial charge in [0.1, 0.15) is 18.1 Å². The molecule has 6 heteroatoms. The molecule has 0 radical (unpaired) electrons. The molecule has 0 bridgehead atoms. The van der Waals surface area contributed by atoms with Crippen molar-refractivity contribution in [1.82, 2.24) is 0 Å². The molecule has 1 aliphatic heterocycles. The van der Waals surface area contributed by atoms with Crippen LogP contribution in [0.4, 0.5) is 5.69 Å². The van der Waals surface area contributed by atoms with Crippen molar-refractivity contribution >= 4 is 40.2 Å². The summed E-state index contributed by atoms with van der Waals surface area (Å²) in [5.41, 5.74) is 0.779. The lowest BCUT2D eigenvalue weighted by Crippen LogP contribution is -2.51. The van der Waals surface area contributed by atoms with Crippen molar-refractivity contribution in [3.8, 4) is 0 Å².